The minimum Gasteiger partial charge on any atom is -0.756 e. The molecule has 0 radical (unpaired) electrons. The summed E-state index contributed by atoms with van der Waals surface area (Å²) in [6.07, 6.45) is 99.4. The standard InChI is InChI=1S/C78H141N2O6P/c1-6-8-10-12-14-16-18-20-22-24-26-28-30-32-33-34-35-36-37-38-39-40-41-42-43-44-45-46-47-48-50-52-54-56-58-60-62-64-66-68-70-72-78(82)79-76(75-86-87(83,84)85-74-73-80(3,4)5)77(81)71-69-67-65-63-61-59-57-55-53-51-49-31-29-27-25-23-21-19-17-15-13-11-9-7-2/h8,10,14,16,20,22,26,28,32-33,35-36,38-39,61,63,69,71,76-77,81H,6-7,9,11-13,15,17-19,21,23-25,27,29-31,34,37,40-60,62,64-68,70,72-75H2,1-5H3,(H-,79,82,83,84)/b10-8-,16-14-,22-20-,28-26-,33-32-,36-35-,39-38-,63-61+,71-69+. The normalized spacial score (nSPS) is 14.2. The number of unbranched alkanes of at least 4 members (excludes halogenated alkanes) is 38. The molecule has 0 rings (SSSR count). The van der Waals surface area contributed by atoms with Crippen LogP contribution in [0.2, 0.25) is 0 Å². The predicted octanol–water partition coefficient (Wildman–Crippen LogP) is 23.2. The van der Waals surface area contributed by atoms with Gasteiger partial charge in [0.1, 0.15) is 13.2 Å². The van der Waals surface area contributed by atoms with Crippen molar-refractivity contribution in [3.8, 4) is 0 Å². The zero-order valence-corrected chi connectivity index (χ0v) is 58.6. The number of hydrogen-bond acceptors (Lipinski definition) is 6. The summed E-state index contributed by atoms with van der Waals surface area (Å²) in [6.45, 7) is 4.55. The molecule has 0 aromatic rings. The number of aliphatic hydroxyl groups is 1. The van der Waals surface area contributed by atoms with E-state index in [2.05, 4.69) is 116 Å². The Labute approximate surface area is 540 Å². The summed E-state index contributed by atoms with van der Waals surface area (Å²) in [5, 5.41) is 13.9. The van der Waals surface area contributed by atoms with Crippen LogP contribution in [0.5, 0.6) is 0 Å². The number of phosphoric ester groups is 1. The van der Waals surface area contributed by atoms with Gasteiger partial charge in [0, 0.05) is 6.42 Å². The molecule has 0 aliphatic rings. The largest absolute Gasteiger partial charge is 0.756 e. The topological polar surface area (TPSA) is 108 Å². The van der Waals surface area contributed by atoms with Crippen molar-refractivity contribution in [2.75, 3.05) is 40.9 Å². The van der Waals surface area contributed by atoms with Gasteiger partial charge in [-0.05, 0) is 89.9 Å². The van der Waals surface area contributed by atoms with Crippen molar-refractivity contribution >= 4 is 13.7 Å². The van der Waals surface area contributed by atoms with Crippen LogP contribution in [0, 0.1) is 0 Å². The molecule has 0 spiro atoms. The minimum absolute atomic E-state index is 0.00817. The highest BCUT2D eigenvalue weighted by Crippen LogP contribution is 2.38. The van der Waals surface area contributed by atoms with E-state index in [4.69, 9.17) is 9.05 Å². The molecular weight excluding hydrogens is 1090 g/mol. The van der Waals surface area contributed by atoms with Crippen LogP contribution in [-0.4, -0.2) is 68.5 Å². The van der Waals surface area contributed by atoms with Crippen molar-refractivity contribution in [2.45, 2.75) is 341 Å². The molecule has 0 saturated carbocycles. The summed E-state index contributed by atoms with van der Waals surface area (Å²) in [7, 11) is 1.25. The van der Waals surface area contributed by atoms with Crippen LogP contribution in [0.15, 0.2) is 109 Å². The number of phosphoric acid groups is 1. The van der Waals surface area contributed by atoms with Crippen LogP contribution in [0.3, 0.4) is 0 Å². The first-order chi connectivity index (χ1) is 42.5. The number of aliphatic hydroxyl groups excluding tert-OH is 1. The fraction of sp³-hybridized carbons (Fsp3) is 0.756. The molecule has 0 heterocycles. The maximum absolute atomic E-state index is 13.0. The number of nitrogens with one attached hydrogen (secondary N) is 1. The van der Waals surface area contributed by atoms with E-state index in [1.165, 1.54) is 225 Å². The molecule has 9 heteroatoms. The molecule has 8 nitrogen and oxygen atoms in total. The van der Waals surface area contributed by atoms with E-state index in [0.29, 0.717) is 17.4 Å². The van der Waals surface area contributed by atoms with E-state index in [9.17, 15) is 19.4 Å². The molecule has 0 aromatic carbocycles. The van der Waals surface area contributed by atoms with Gasteiger partial charge in [0.05, 0.1) is 39.9 Å². The summed E-state index contributed by atoms with van der Waals surface area (Å²) in [5.41, 5.74) is 0. The molecule has 504 valence electrons. The van der Waals surface area contributed by atoms with Crippen LogP contribution >= 0.6 is 7.82 Å². The predicted molar refractivity (Wildman–Crippen MR) is 380 cm³/mol. The van der Waals surface area contributed by atoms with Crippen LogP contribution in [0.1, 0.15) is 328 Å². The zero-order chi connectivity index (χ0) is 63.4. The number of hydrogen-bond donors (Lipinski definition) is 2. The van der Waals surface area contributed by atoms with E-state index in [1.807, 2.05) is 27.2 Å². The number of rotatable bonds is 67. The first-order valence-electron chi connectivity index (χ1n) is 36.7. The lowest BCUT2D eigenvalue weighted by molar-refractivity contribution is -0.870. The molecule has 0 aliphatic heterocycles. The molecule has 1 amide bonds. The first kappa shape index (κ1) is 84.2. The van der Waals surface area contributed by atoms with E-state index in [1.54, 1.807) is 6.08 Å². The fourth-order valence-corrected chi connectivity index (χ4v) is 11.3. The van der Waals surface area contributed by atoms with Crippen molar-refractivity contribution in [2.24, 2.45) is 0 Å². The number of carbonyl (C=O) groups is 1. The average Bonchev–Trinajstić information content (AvgIpc) is 3.71. The second-order valence-corrected chi connectivity index (χ2v) is 27.3. The van der Waals surface area contributed by atoms with Gasteiger partial charge < -0.3 is 28.8 Å². The second kappa shape index (κ2) is 67.6. The molecule has 0 bridgehead atoms. The van der Waals surface area contributed by atoms with Gasteiger partial charge in [-0.15, -0.1) is 0 Å². The number of nitrogens with zero attached hydrogens (tertiary/aromatic N) is 1. The quantitative estimate of drug-likeness (QED) is 0.0272. The maximum Gasteiger partial charge on any atom is 0.268 e. The summed E-state index contributed by atoms with van der Waals surface area (Å²) >= 11 is 0. The van der Waals surface area contributed by atoms with Crippen molar-refractivity contribution in [1.82, 2.24) is 5.32 Å². The molecular formula is C78H141N2O6P. The zero-order valence-electron chi connectivity index (χ0n) is 57.7. The average molecular weight is 1230 g/mol. The van der Waals surface area contributed by atoms with E-state index < -0.39 is 26.6 Å². The summed E-state index contributed by atoms with van der Waals surface area (Å²) in [4.78, 5) is 25.6. The van der Waals surface area contributed by atoms with E-state index in [-0.39, 0.29) is 12.5 Å². The van der Waals surface area contributed by atoms with Gasteiger partial charge >= 0.3 is 0 Å². The molecule has 0 aromatic heterocycles. The third-order valence-electron chi connectivity index (χ3n) is 16.2. The van der Waals surface area contributed by atoms with Gasteiger partial charge in [-0.2, -0.15) is 0 Å². The minimum atomic E-state index is -4.62. The molecule has 3 atom stereocenters. The van der Waals surface area contributed by atoms with Gasteiger partial charge in [-0.3, -0.25) is 9.36 Å². The molecule has 87 heavy (non-hydrogen) atoms. The Morgan fingerprint density at radius 3 is 1.07 bits per heavy atom. The molecule has 0 saturated heterocycles. The highest BCUT2D eigenvalue weighted by atomic mass is 31.2. The summed E-state index contributed by atoms with van der Waals surface area (Å²) in [5.74, 6) is -0.205. The number of carbonyl (C=O) groups excluding carboxylic acids is 1. The lowest BCUT2D eigenvalue weighted by Crippen LogP contribution is -2.45. The number of allylic oxidation sites excluding steroid dienone is 17. The van der Waals surface area contributed by atoms with Crippen LogP contribution in [0.25, 0.3) is 0 Å². The Balaban J connectivity index is 4.02. The highest BCUT2D eigenvalue weighted by molar-refractivity contribution is 7.45. The number of amides is 1. The molecule has 0 fully saturated rings. The summed E-state index contributed by atoms with van der Waals surface area (Å²) in [6, 6.07) is -0.909. The lowest BCUT2D eigenvalue weighted by Gasteiger charge is -2.29. The van der Waals surface area contributed by atoms with Gasteiger partial charge in [-0.25, -0.2) is 0 Å². The SMILES string of the molecule is CC/C=C\C/C=C\C/C=C\C/C=C\C/C=C\C/C=C\C/C=C\CCCCCCCCCCCCCCCCCCCCCC(=O)NC(COP(=O)([O-])OCC[N+](C)(C)C)C(O)/C=C/CC/C=C/CCCCCCCCCCCCCCCCCCCC. The van der Waals surface area contributed by atoms with Gasteiger partial charge in [0.25, 0.3) is 7.82 Å². The fourth-order valence-electron chi connectivity index (χ4n) is 10.6. The third kappa shape index (κ3) is 70.5. The van der Waals surface area contributed by atoms with Crippen LogP contribution < -0.4 is 10.2 Å². The van der Waals surface area contributed by atoms with Crippen molar-refractivity contribution in [1.29, 1.82) is 0 Å². The van der Waals surface area contributed by atoms with Gasteiger partial charge in [-0.1, -0.05) is 342 Å². The van der Waals surface area contributed by atoms with Gasteiger partial charge in [0.15, 0.2) is 0 Å². The molecule has 3 unspecified atom stereocenters. The Kier molecular flexibility index (Phi) is 65.3. The van der Waals surface area contributed by atoms with Crippen molar-refractivity contribution in [3.63, 3.8) is 0 Å². The van der Waals surface area contributed by atoms with Crippen LogP contribution in [-0.2, 0) is 18.4 Å². The third-order valence-corrected chi connectivity index (χ3v) is 17.2. The Morgan fingerprint density at radius 1 is 0.414 bits per heavy atom. The van der Waals surface area contributed by atoms with Crippen molar-refractivity contribution < 1.29 is 32.9 Å². The second-order valence-electron chi connectivity index (χ2n) is 25.9. The van der Waals surface area contributed by atoms with Gasteiger partial charge in [0.2, 0.25) is 5.91 Å². The Bertz CT molecular complexity index is 1790. The molecule has 0 aliphatic carbocycles. The summed E-state index contributed by atoms with van der Waals surface area (Å²) < 4.78 is 23.5. The highest BCUT2D eigenvalue weighted by Gasteiger charge is 2.23. The van der Waals surface area contributed by atoms with Crippen LogP contribution in [0.4, 0.5) is 0 Å². The molecule has 2 N–H and O–H groups in total. The Morgan fingerprint density at radius 2 is 0.713 bits per heavy atom. The lowest BCUT2D eigenvalue weighted by atomic mass is 10.0. The van der Waals surface area contributed by atoms with E-state index >= 15 is 0 Å². The van der Waals surface area contributed by atoms with Crippen molar-refractivity contribution in [3.05, 3.63) is 109 Å². The van der Waals surface area contributed by atoms with E-state index in [0.717, 1.165) is 83.5 Å². The Hall–Kier alpha value is -2.84. The maximum atomic E-state index is 13.0. The first-order valence-corrected chi connectivity index (χ1v) is 38.2. The number of likely N-dealkylation sites (N-methyl/N-ethyl adjacent to an activating group) is 1. The smallest absolute Gasteiger partial charge is 0.268 e. The number of quaternary nitrogens is 1. The monoisotopic (exact) mass is 1230 g/mol.